The molecule has 0 spiro atoms. The van der Waals surface area contributed by atoms with Crippen molar-refractivity contribution in [3.63, 3.8) is 0 Å². The summed E-state index contributed by atoms with van der Waals surface area (Å²) in [7, 11) is 0. The van der Waals surface area contributed by atoms with Gasteiger partial charge in [-0.25, -0.2) is 0 Å². The Morgan fingerprint density at radius 1 is 1.41 bits per heavy atom. The van der Waals surface area contributed by atoms with Crippen molar-refractivity contribution >= 4 is 28.6 Å². The molecule has 0 aliphatic carbocycles. The fourth-order valence-electron chi connectivity index (χ4n) is 1.42. The molecule has 0 fully saturated rings. The first-order valence-corrected chi connectivity index (χ1v) is 6.10. The highest BCUT2D eigenvalue weighted by molar-refractivity contribution is 7.14. The van der Waals surface area contributed by atoms with E-state index in [1.54, 1.807) is 6.92 Å². The van der Waals surface area contributed by atoms with Crippen molar-refractivity contribution in [1.29, 1.82) is 0 Å². The van der Waals surface area contributed by atoms with E-state index in [0.29, 0.717) is 21.5 Å². The van der Waals surface area contributed by atoms with Crippen LogP contribution in [0.25, 0.3) is 10.6 Å². The lowest BCUT2D eigenvalue weighted by molar-refractivity contribution is -0.384. The lowest BCUT2D eigenvalue weighted by Gasteiger charge is -1.98. The molecule has 2 rings (SSSR count). The smallest absolute Gasteiger partial charge is 0.258 e. The minimum atomic E-state index is -0.417. The van der Waals surface area contributed by atoms with Gasteiger partial charge >= 0.3 is 0 Å². The summed E-state index contributed by atoms with van der Waals surface area (Å²) in [5.41, 5.74) is 1.57. The van der Waals surface area contributed by atoms with E-state index in [4.69, 9.17) is 11.6 Å². The second-order valence-electron chi connectivity index (χ2n) is 3.45. The van der Waals surface area contributed by atoms with Crippen LogP contribution < -0.4 is 0 Å². The number of non-ortho nitro benzene ring substituents is 1. The van der Waals surface area contributed by atoms with E-state index in [1.165, 1.54) is 23.5 Å². The highest BCUT2D eigenvalue weighted by atomic mass is 35.5. The Labute approximate surface area is 106 Å². The van der Waals surface area contributed by atoms with Crippen LogP contribution in [-0.4, -0.2) is 15.1 Å². The van der Waals surface area contributed by atoms with Gasteiger partial charge < -0.3 is 0 Å². The predicted molar refractivity (Wildman–Crippen MR) is 66.3 cm³/mol. The van der Waals surface area contributed by atoms with E-state index in [1.807, 2.05) is 6.07 Å². The molecule has 0 N–H and O–H groups in total. The van der Waals surface area contributed by atoms with Crippen molar-refractivity contribution in [1.82, 2.24) is 10.2 Å². The Balaban J connectivity index is 2.47. The Hall–Kier alpha value is -1.53. The molecular formula is C10H8ClN3O2S. The zero-order valence-electron chi connectivity index (χ0n) is 8.88. The van der Waals surface area contributed by atoms with Gasteiger partial charge in [-0.3, -0.25) is 10.1 Å². The van der Waals surface area contributed by atoms with Crippen LogP contribution in [0.3, 0.4) is 0 Å². The number of nitrogens with zero attached hydrogens (tertiary/aromatic N) is 3. The quantitative estimate of drug-likeness (QED) is 0.487. The first kappa shape index (κ1) is 11.9. The van der Waals surface area contributed by atoms with Crippen molar-refractivity contribution < 1.29 is 4.92 Å². The van der Waals surface area contributed by atoms with Crippen molar-refractivity contribution in [2.75, 3.05) is 0 Å². The number of hydrogen-bond donors (Lipinski definition) is 0. The van der Waals surface area contributed by atoms with Gasteiger partial charge in [0.1, 0.15) is 10.0 Å². The molecule has 7 heteroatoms. The van der Waals surface area contributed by atoms with Crippen LogP contribution in [0.15, 0.2) is 18.2 Å². The van der Waals surface area contributed by atoms with Crippen LogP contribution in [0, 0.1) is 17.0 Å². The van der Waals surface area contributed by atoms with Crippen molar-refractivity contribution in [3.8, 4) is 10.6 Å². The van der Waals surface area contributed by atoms with Gasteiger partial charge in [-0.15, -0.1) is 21.8 Å². The summed E-state index contributed by atoms with van der Waals surface area (Å²) in [6.45, 7) is 1.81. The molecule has 0 unspecified atom stereocenters. The number of nitro groups is 1. The lowest BCUT2D eigenvalue weighted by Crippen LogP contribution is -1.90. The molecule has 0 aliphatic heterocycles. The monoisotopic (exact) mass is 269 g/mol. The van der Waals surface area contributed by atoms with Crippen molar-refractivity contribution in [2.45, 2.75) is 12.8 Å². The number of aryl methyl sites for hydroxylation is 1. The maximum absolute atomic E-state index is 10.7. The minimum Gasteiger partial charge on any atom is -0.258 e. The van der Waals surface area contributed by atoms with Crippen LogP contribution in [0.2, 0.25) is 0 Å². The molecule has 0 atom stereocenters. The van der Waals surface area contributed by atoms with Gasteiger partial charge in [-0.1, -0.05) is 11.3 Å². The second-order valence-corrected chi connectivity index (χ2v) is 4.78. The number of aromatic nitrogens is 2. The molecule has 1 heterocycles. The van der Waals surface area contributed by atoms with Crippen molar-refractivity contribution in [2.24, 2.45) is 0 Å². The molecule has 0 aliphatic rings. The van der Waals surface area contributed by atoms with Crippen LogP contribution >= 0.6 is 22.9 Å². The Morgan fingerprint density at radius 2 is 2.18 bits per heavy atom. The molecule has 0 saturated carbocycles. The zero-order chi connectivity index (χ0) is 12.4. The molecule has 2 aromatic rings. The van der Waals surface area contributed by atoms with E-state index in [-0.39, 0.29) is 5.69 Å². The fourth-order valence-corrected chi connectivity index (χ4v) is 2.31. The van der Waals surface area contributed by atoms with Gasteiger partial charge in [-0.05, 0) is 18.6 Å². The van der Waals surface area contributed by atoms with E-state index in [2.05, 4.69) is 10.2 Å². The third-order valence-electron chi connectivity index (χ3n) is 2.10. The molecule has 88 valence electrons. The van der Waals surface area contributed by atoms with Gasteiger partial charge in [0.05, 0.1) is 10.8 Å². The summed E-state index contributed by atoms with van der Waals surface area (Å²) in [6.07, 6.45) is 0. The number of nitro benzene ring substituents is 1. The molecular weight excluding hydrogens is 262 g/mol. The number of benzene rings is 1. The number of hydrogen-bond acceptors (Lipinski definition) is 5. The normalized spacial score (nSPS) is 10.5. The van der Waals surface area contributed by atoms with Crippen LogP contribution in [-0.2, 0) is 5.88 Å². The van der Waals surface area contributed by atoms with E-state index in [0.717, 1.165) is 5.56 Å². The average Bonchev–Trinajstić information content (AvgIpc) is 2.76. The van der Waals surface area contributed by atoms with Crippen LogP contribution in [0.5, 0.6) is 0 Å². The van der Waals surface area contributed by atoms with Crippen LogP contribution in [0.4, 0.5) is 5.69 Å². The van der Waals surface area contributed by atoms with E-state index >= 15 is 0 Å². The molecule has 1 aromatic carbocycles. The number of rotatable bonds is 3. The summed E-state index contributed by atoms with van der Waals surface area (Å²) in [5, 5.41) is 19.9. The van der Waals surface area contributed by atoms with Gasteiger partial charge in [-0.2, -0.15) is 0 Å². The zero-order valence-corrected chi connectivity index (χ0v) is 10.5. The largest absolute Gasteiger partial charge is 0.270 e. The summed E-state index contributed by atoms with van der Waals surface area (Å²) < 4.78 is 0. The van der Waals surface area contributed by atoms with Gasteiger partial charge in [0, 0.05) is 17.7 Å². The third kappa shape index (κ3) is 2.59. The second kappa shape index (κ2) is 4.77. The molecule has 1 aromatic heterocycles. The number of alkyl halides is 1. The summed E-state index contributed by atoms with van der Waals surface area (Å²) >= 11 is 6.98. The maximum atomic E-state index is 10.7. The third-order valence-corrected chi connectivity index (χ3v) is 3.48. The topological polar surface area (TPSA) is 68.9 Å². The first-order valence-electron chi connectivity index (χ1n) is 4.75. The molecule has 0 saturated heterocycles. The minimum absolute atomic E-state index is 0.0580. The predicted octanol–water partition coefficient (Wildman–Crippen LogP) is 3.16. The van der Waals surface area contributed by atoms with E-state index < -0.39 is 4.92 Å². The summed E-state index contributed by atoms with van der Waals surface area (Å²) in [6, 6.07) is 4.85. The maximum Gasteiger partial charge on any atom is 0.270 e. The van der Waals surface area contributed by atoms with Crippen LogP contribution in [0.1, 0.15) is 10.6 Å². The number of halogens is 1. The SMILES string of the molecule is Cc1cc(-c2nnc(CCl)s2)cc([N+](=O)[O-])c1. The summed E-state index contributed by atoms with van der Waals surface area (Å²) in [4.78, 5) is 10.3. The Kier molecular flexibility index (Phi) is 3.35. The Morgan fingerprint density at radius 3 is 2.76 bits per heavy atom. The molecule has 0 amide bonds. The highest BCUT2D eigenvalue weighted by Crippen LogP contribution is 2.28. The Bertz CT molecular complexity index is 570. The average molecular weight is 270 g/mol. The lowest BCUT2D eigenvalue weighted by atomic mass is 10.1. The van der Waals surface area contributed by atoms with Gasteiger partial charge in [0.15, 0.2) is 0 Å². The van der Waals surface area contributed by atoms with Crippen molar-refractivity contribution in [3.05, 3.63) is 38.9 Å². The molecule has 17 heavy (non-hydrogen) atoms. The van der Waals surface area contributed by atoms with Gasteiger partial charge in [0.2, 0.25) is 0 Å². The molecule has 0 bridgehead atoms. The van der Waals surface area contributed by atoms with E-state index in [9.17, 15) is 10.1 Å². The summed E-state index contributed by atoms with van der Waals surface area (Å²) in [5.74, 6) is 0.297. The molecule has 5 nitrogen and oxygen atoms in total. The van der Waals surface area contributed by atoms with Gasteiger partial charge in [0.25, 0.3) is 5.69 Å². The standard InChI is InChI=1S/C10H8ClN3O2S/c1-6-2-7(4-8(3-6)14(15)16)10-13-12-9(5-11)17-10/h2-4H,5H2,1H3. The highest BCUT2D eigenvalue weighted by Gasteiger charge is 2.12. The first-order chi connectivity index (χ1) is 8.10. The fraction of sp³-hybridized carbons (Fsp3) is 0.200. The molecule has 0 radical (unpaired) electrons.